The molecule has 0 unspecified atom stereocenters. The average Bonchev–Trinajstić information content (AvgIpc) is 3.60. The van der Waals surface area contributed by atoms with Crippen LogP contribution in [0, 0.1) is 0 Å². The molecule has 0 spiro atoms. The summed E-state index contributed by atoms with van der Waals surface area (Å²) >= 11 is 0. The first-order valence-electron chi connectivity index (χ1n) is 11.1. The molecule has 1 aromatic carbocycles. The minimum absolute atomic E-state index is 0.131. The van der Waals surface area contributed by atoms with E-state index in [-0.39, 0.29) is 12.1 Å². The fourth-order valence-electron chi connectivity index (χ4n) is 3.99. The smallest absolute Gasteiger partial charge is 0.416 e. The Morgan fingerprint density at radius 2 is 1.84 bits per heavy atom. The molecule has 1 saturated carbocycles. The van der Waals surface area contributed by atoms with E-state index >= 15 is 0 Å². The number of piperidine rings is 1. The summed E-state index contributed by atoms with van der Waals surface area (Å²) < 4.78 is 45.5. The summed E-state index contributed by atoms with van der Waals surface area (Å²) in [5.74, 6) is 0.735. The van der Waals surface area contributed by atoms with Crippen molar-refractivity contribution in [2.75, 3.05) is 31.6 Å². The molecule has 0 bridgehead atoms. The molecule has 0 atom stereocenters. The number of likely N-dealkylation sites (tertiary alicyclic amines) is 1. The number of ether oxygens (including phenoxy) is 1. The molecule has 1 aromatic heterocycles. The summed E-state index contributed by atoms with van der Waals surface area (Å²) in [5, 5.41) is 3.10. The van der Waals surface area contributed by atoms with E-state index in [1.54, 1.807) is 24.5 Å². The number of rotatable bonds is 8. The zero-order valence-electron chi connectivity index (χ0n) is 18.2. The minimum Gasteiger partial charge on any atom is -0.488 e. The average molecular weight is 447 g/mol. The second-order valence-electron chi connectivity index (χ2n) is 8.28. The summed E-state index contributed by atoms with van der Waals surface area (Å²) in [6.45, 7) is 2.57. The van der Waals surface area contributed by atoms with Crippen LogP contribution in [0.3, 0.4) is 0 Å². The van der Waals surface area contributed by atoms with E-state index in [2.05, 4.69) is 32.4 Å². The second kappa shape index (κ2) is 9.81. The van der Waals surface area contributed by atoms with Crippen LogP contribution in [0.25, 0.3) is 0 Å². The van der Waals surface area contributed by atoms with E-state index in [4.69, 9.17) is 4.74 Å². The maximum absolute atomic E-state index is 13.1. The van der Waals surface area contributed by atoms with Gasteiger partial charge in [-0.3, -0.25) is 4.98 Å². The molecule has 32 heavy (non-hydrogen) atoms. The summed E-state index contributed by atoms with van der Waals surface area (Å²) in [5.41, 5.74) is 0.880. The molecular formula is C24H29F3N4O. The topological polar surface area (TPSA) is 40.6 Å². The fraction of sp³-hybridized carbons (Fsp3) is 0.458. The number of aromatic nitrogens is 1. The van der Waals surface area contributed by atoms with Crippen molar-refractivity contribution in [2.24, 2.45) is 0 Å². The van der Waals surface area contributed by atoms with Gasteiger partial charge in [-0.2, -0.15) is 13.2 Å². The Labute approximate surface area is 186 Å². The molecule has 2 aromatic rings. The van der Waals surface area contributed by atoms with Crippen LogP contribution in [-0.2, 0) is 6.18 Å². The number of hydrogen-bond donors (Lipinski definition) is 1. The van der Waals surface area contributed by atoms with Crippen molar-refractivity contribution in [3.8, 4) is 5.75 Å². The third kappa shape index (κ3) is 5.54. The number of halogens is 3. The number of benzene rings is 1. The van der Waals surface area contributed by atoms with E-state index in [0.29, 0.717) is 0 Å². The lowest BCUT2D eigenvalue weighted by Gasteiger charge is -2.40. The van der Waals surface area contributed by atoms with Crippen molar-refractivity contribution in [3.05, 3.63) is 60.6 Å². The number of pyridine rings is 1. The van der Waals surface area contributed by atoms with Crippen LogP contribution < -0.4 is 15.0 Å². The van der Waals surface area contributed by atoms with Crippen molar-refractivity contribution in [1.29, 1.82) is 0 Å². The number of hydrogen-bond acceptors (Lipinski definition) is 5. The standard InChI is InChI=1S/C24H29F3N4O/c1-28-12-2-14-30-15-10-20(11-16-30)31(19-5-3-18(4-6-19)24(25,26)27)22-17-29-13-9-23(22)32-21-7-8-21/h2-6,9,13-14,17,20-21,28H,7-8,10-12,15-16H2,1H3. The van der Waals surface area contributed by atoms with Crippen molar-refractivity contribution in [1.82, 2.24) is 15.2 Å². The molecule has 0 amide bonds. The van der Waals surface area contributed by atoms with E-state index < -0.39 is 11.7 Å². The fourth-order valence-corrected chi connectivity index (χ4v) is 3.99. The summed E-state index contributed by atoms with van der Waals surface area (Å²) in [7, 11) is 1.91. The second-order valence-corrected chi connectivity index (χ2v) is 8.28. The summed E-state index contributed by atoms with van der Waals surface area (Å²) in [6, 6.07) is 7.38. The van der Waals surface area contributed by atoms with Crippen LogP contribution in [0.5, 0.6) is 5.75 Å². The molecule has 1 saturated heterocycles. The van der Waals surface area contributed by atoms with E-state index in [1.165, 1.54) is 0 Å². The van der Waals surface area contributed by atoms with Crippen molar-refractivity contribution < 1.29 is 17.9 Å². The lowest BCUT2D eigenvalue weighted by Crippen LogP contribution is -2.41. The molecule has 1 aliphatic heterocycles. The Morgan fingerprint density at radius 3 is 2.47 bits per heavy atom. The molecule has 0 radical (unpaired) electrons. The van der Waals surface area contributed by atoms with Crippen LogP contribution in [-0.4, -0.2) is 48.7 Å². The van der Waals surface area contributed by atoms with Gasteiger partial charge in [0.2, 0.25) is 0 Å². The Bertz CT molecular complexity index is 904. The number of nitrogens with zero attached hydrogens (tertiary/aromatic N) is 3. The summed E-state index contributed by atoms with van der Waals surface area (Å²) in [4.78, 5) is 8.70. The molecule has 2 aliphatic rings. The van der Waals surface area contributed by atoms with Crippen LogP contribution >= 0.6 is 0 Å². The SMILES string of the molecule is CNCC=CN1CCC(N(c2ccc(C(F)(F)F)cc2)c2cnccc2OC2CC2)CC1. The highest BCUT2D eigenvalue weighted by molar-refractivity contribution is 5.69. The number of anilines is 2. The van der Waals surface area contributed by atoms with Gasteiger partial charge in [-0.25, -0.2) is 0 Å². The first-order valence-corrected chi connectivity index (χ1v) is 11.1. The van der Waals surface area contributed by atoms with Gasteiger partial charge < -0.3 is 19.9 Å². The van der Waals surface area contributed by atoms with Crippen LogP contribution in [0.2, 0.25) is 0 Å². The van der Waals surface area contributed by atoms with E-state index in [0.717, 1.165) is 74.6 Å². The minimum atomic E-state index is -4.36. The molecule has 2 fully saturated rings. The van der Waals surface area contributed by atoms with Gasteiger partial charge in [0.25, 0.3) is 0 Å². The van der Waals surface area contributed by atoms with Crippen molar-refractivity contribution >= 4 is 11.4 Å². The van der Waals surface area contributed by atoms with Gasteiger partial charge in [0, 0.05) is 43.6 Å². The molecular weight excluding hydrogens is 417 g/mol. The van der Waals surface area contributed by atoms with Gasteiger partial charge in [0.1, 0.15) is 11.4 Å². The van der Waals surface area contributed by atoms with Crippen LogP contribution in [0.4, 0.5) is 24.5 Å². The predicted molar refractivity (Wildman–Crippen MR) is 119 cm³/mol. The molecule has 172 valence electrons. The van der Waals surface area contributed by atoms with Gasteiger partial charge in [-0.15, -0.1) is 0 Å². The maximum atomic E-state index is 13.1. The molecule has 1 N–H and O–H groups in total. The normalized spacial score (nSPS) is 17.7. The lowest BCUT2D eigenvalue weighted by atomic mass is 10.0. The summed E-state index contributed by atoms with van der Waals surface area (Å²) in [6.07, 6.45) is 7.32. The van der Waals surface area contributed by atoms with E-state index in [1.807, 2.05) is 13.1 Å². The molecule has 8 heteroatoms. The van der Waals surface area contributed by atoms with Crippen molar-refractivity contribution in [2.45, 2.75) is 44.0 Å². The number of nitrogens with one attached hydrogen (secondary N) is 1. The molecule has 4 rings (SSSR count). The largest absolute Gasteiger partial charge is 0.488 e. The van der Waals surface area contributed by atoms with Crippen LogP contribution in [0.15, 0.2) is 55.0 Å². The Morgan fingerprint density at radius 1 is 1.12 bits per heavy atom. The zero-order chi connectivity index (χ0) is 22.6. The third-order valence-corrected chi connectivity index (χ3v) is 5.81. The highest BCUT2D eigenvalue weighted by Gasteiger charge is 2.32. The highest BCUT2D eigenvalue weighted by atomic mass is 19.4. The monoisotopic (exact) mass is 446 g/mol. The highest BCUT2D eigenvalue weighted by Crippen LogP contribution is 2.40. The molecule has 1 aliphatic carbocycles. The van der Waals surface area contributed by atoms with Crippen molar-refractivity contribution in [3.63, 3.8) is 0 Å². The molecule has 5 nitrogen and oxygen atoms in total. The van der Waals surface area contributed by atoms with E-state index in [9.17, 15) is 13.2 Å². The Balaban J connectivity index is 1.61. The van der Waals surface area contributed by atoms with Gasteiger partial charge in [-0.05, 0) is 63.2 Å². The first-order chi connectivity index (χ1) is 15.5. The quantitative estimate of drug-likeness (QED) is 0.620. The zero-order valence-corrected chi connectivity index (χ0v) is 18.2. The lowest BCUT2D eigenvalue weighted by molar-refractivity contribution is -0.137. The Kier molecular flexibility index (Phi) is 6.89. The van der Waals surface area contributed by atoms with Gasteiger partial charge >= 0.3 is 6.18 Å². The van der Waals surface area contributed by atoms with Gasteiger partial charge in [0.15, 0.2) is 0 Å². The molecule has 2 heterocycles. The van der Waals surface area contributed by atoms with Gasteiger partial charge in [-0.1, -0.05) is 6.08 Å². The van der Waals surface area contributed by atoms with Gasteiger partial charge in [0.05, 0.1) is 17.9 Å². The maximum Gasteiger partial charge on any atom is 0.416 e. The predicted octanol–water partition coefficient (Wildman–Crippen LogP) is 4.98. The number of alkyl halides is 3. The van der Waals surface area contributed by atoms with Crippen LogP contribution in [0.1, 0.15) is 31.2 Å². The Hall–Kier alpha value is -2.74. The first kappa shape index (κ1) is 22.5. The number of likely N-dealkylation sites (N-methyl/N-ethyl adjacent to an activating group) is 1. The third-order valence-electron chi connectivity index (χ3n) is 5.81.